The van der Waals surface area contributed by atoms with Gasteiger partial charge in [-0.15, -0.1) is 0 Å². The molecule has 1 fully saturated rings. The van der Waals surface area contributed by atoms with E-state index in [4.69, 9.17) is 0 Å². The number of hydrogen-bond acceptors (Lipinski definition) is 4. The van der Waals surface area contributed by atoms with Crippen LogP contribution in [0.3, 0.4) is 0 Å². The van der Waals surface area contributed by atoms with Crippen LogP contribution < -0.4 is 0 Å². The van der Waals surface area contributed by atoms with Gasteiger partial charge < -0.3 is 4.90 Å². The fraction of sp³-hybridized carbons (Fsp3) is 0.417. The summed E-state index contributed by atoms with van der Waals surface area (Å²) in [7, 11) is -2.42. The van der Waals surface area contributed by atoms with Gasteiger partial charge in [-0.3, -0.25) is 9.59 Å². The number of carbonyl (C=O) groups is 2. The Morgan fingerprint density at radius 2 is 1.58 bits per heavy atom. The Labute approximate surface area is 184 Å². The highest BCUT2D eigenvalue weighted by Crippen LogP contribution is 2.29. The van der Waals surface area contributed by atoms with Gasteiger partial charge in [0.2, 0.25) is 15.9 Å². The molecular formula is C24H30N2O4S. The fourth-order valence-electron chi connectivity index (χ4n) is 3.42. The highest BCUT2D eigenvalue weighted by molar-refractivity contribution is 7.89. The first-order valence-corrected chi connectivity index (χ1v) is 12.0. The van der Waals surface area contributed by atoms with E-state index in [1.807, 2.05) is 12.1 Å². The maximum absolute atomic E-state index is 13.0. The lowest BCUT2D eigenvalue weighted by molar-refractivity contribution is -0.132. The first-order chi connectivity index (χ1) is 14.6. The van der Waals surface area contributed by atoms with E-state index in [0.29, 0.717) is 18.0 Å². The Hall–Kier alpha value is -2.51. The van der Waals surface area contributed by atoms with Crippen LogP contribution in [0.25, 0.3) is 0 Å². The smallest absolute Gasteiger partial charge is 0.243 e. The van der Waals surface area contributed by atoms with E-state index >= 15 is 0 Å². The molecule has 0 aromatic heterocycles. The van der Waals surface area contributed by atoms with Gasteiger partial charge in [0.05, 0.1) is 11.4 Å². The van der Waals surface area contributed by atoms with Crippen molar-refractivity contribution in [2.45, 2.75) is 57.0 Å². The molecule has 2 aromatic carbocycles. The van der Waals surface area contributed by atoms with Crippen molar-refractivity contribution in [2.24, 2.45) is 0 Å². The van der Waals surface area contributed by atoms with Gasteiger partial charge in [0, 0.05) is 25.2 Å². The van der Waals surface area contributed by atoms with Crippen LogP contribution in [-0.2, 0) is 21.4 Å². The lowest BCUT2D eigenvalue weighted by atomic mass is 10.0. The third-order valence-corrected chi connectivity index (χ3v) is 7.45. The number of nitrogens with zero attached hydrogens (tertiary/aromatic N) is 2. The van der Waals surface area contributed by atoms with Crippen molar-refractivity contribution in [3.8, 4) is 0 Å². The van der Waals surface area contributed by atoms with Crippen LogP contribution >= 0.6 is 0 Å². The number of sulfonamides is 1. The van der Waals surface area contributed by atoms with Crippen molar-refractivity contribution < 1.29 is 18.0 Å². The van der Waals surface area contributed by atoms with Crippen LogP contribution in [0.2, 0.25) is 0 Å². The predicted octanol–water partition coefficient (Wildman–Crippen LogP) is 3.82. The fourth-order valence-corrected chi connectivity index (χ4v) is 4.54. The van der Waals surface area contributed by atoms with E-state index in [2.05, 4.69) is 26.0 Å². The van der Waals surface area contributed by atoms with Gasteiger partial charge in [-0.05, 0) is 48.9 Å². The summed E-state index contributed by atoms with van der Waals surface area (Å²) < 4.78 is 26.9. The molecule has 1 amide bonds. The quantitative estimate of drug-likeness (QED) is 0.553. The Morgan fingerprint density at radius 1 is 1.00 bits per heavy atom. The van der Waals surface area contributed by atoms with Crippen LogP contribution in [0.15, 0.2) is 53.4 Å². The van der Waals surface area contributed by atoms with Crippen LogP contribution in [-0.4, -0.2) is 48.9 Å². The minimum absolute atomic E-state index is 0.0649. The Kier molecular flexibility index (Phi) is 6.96. The average Bonchev–Trinajstić information content (AvgIpc) is 3.57. The molecule has 0 N–H and O–H groups in total. The maximum atomic E-state index is 13.0. The SMILES string of the molecule is CC(=O)c1ccc(S(=O)(=O)N(C)CC(=O)N(Cc2ccc(C(C)C)cc2)C2CC2)cc1. The van der Waals surface area contributed by atoms with Crippen LogP contribution in [0.4, 0.5) is 0 Å². The maximum Gasteiger partial charge on any atom is 0.243 e. The largest absolute Gasteiger partial charge is 0.334 e. The van der Waals surface area contributed by atoms with Gasteiger partial charge in [0.15, 0.2) is 5.78 Å². The van der Waals surface area contributed by atoms with E-state index in [9.17, 15) is 18.0 Å². The summed E-state index contributed by atoms with van der Waals surface area (Å²) in [6.45, 7) is 5.95. The third kappa shape index (κ3) is 5.60. The molecule has 0 spiro atoms. The zero-order valence-electron chi connectivity index (χ0n) is 18.5. The number of rotatable bonds is 9. The highest BCUT2D eigenvalue weighted by atomic mass is 32.2. The van der Waals surface area contributed by atoms with Crippen molar-refractivity contribution in [1.82, 2.24) is 9.21 Å². The molecule has 6 nitrogen and oxygen atoms in total. The van der Waals surface area contributed by atoms with E-state index in [1.54, 1.807) is 4.90 Å². The second kappa shape index (κ2) is 9.32. The molecule has 31 heavy (non-hydrogen) atoms. The number of Topliss-reactive ketones (excluding diaryl/α,β-unsaturated/α-hetero) is 1. The van der Waals surface area contributed by atoms with Crippen molar-refractivity contribution in [2.75, 3.05) is 13.6 Å². The van der Waals surface area contributed by atoms with Crippen molar-refractivity contribution in [3.05, 3.63) is 65.2 Å². The van der Waals surface area contributed by atoms with Crippen molar-refractivity contribution >= 4 is 21.7 Å². The molecule has 0 heterocycles. The number of ketones is 1. The third-order valence-electron chi connectivity index (χ3n) is 5.63. The van der Waals surface area contributed by atoms with Crippen LogP contribution in [0.5, 0.6) is 0 Å². The van der Waals surface area contributed by atoms with Crippen molar-refractivity contribution in [3.63, 3.8) is 0 Å². The molecule has 0 unspecified atom stereocenters. The van der Waals surface area contributed by atoms with E-state index in [-0.39, 0.29) is 29.2 Å². The Balaban J connectivity index is 1.70. The zero-order chi connectivity index (χ0) is 22.8. The summed E-state index contributed by atoms with van der Waals surface area (Å²) in [6, 6.07) is 14.2. The predicted molar refractivity (Wildman–Crippen MR) is 120 cm³/mol. The normalized spacial score (nSPS) is 14.1. The molecule has 0 atom stereocenters. The topological polar surface area (TPSA) is 74.8 Å². The number of amides is 1. The first-order valence-electron chi connectivity index (χ1n) is 10.5. The van der Waals surface area contributed by atoms with Crippen LogP contribution in [0, 0.1) is 0 Å². The molecule has 0 radical (unpaired) electrons. The molecule has 2 aromatic rings. The van der Waals surface area contributed by atoms with Crippen LogP contribution in [0.1, 0.15) is 61.0 Å². The highest BCUT2D eigenvalue weighted by Gasteiger charge is 2.34. The van der Waals surface area contributed by atoms with E-state index < -0.39 is 10.0 Å². The molecule has 1 aliphatic rings. The molecule has 0 aliphatic heterocycles. The minimum Gasteiger partial charge on any atom is -0.334 e. The number of carbonyl (C=O) groups excluding carboxylic acids is 2. The lowest BCUT2D eigenvalue weighted by Crippen LogP contribution is -2.41. The van der Waals surface area contributed by atoms with Gasteiger partial charge in [0.25, 0.3) is 0 Å². The van der Waals surface area contributed by atoms with Gasteiger partial charge >= 0.3 is 0 Å². The molecule has 1 aliphatic carbocycles. The molecule has 3 rings (SSSR count). The summed E-state index contributed by atoms with van der Waals surface area (Å²) in [4.78, 5) is 26.3. The number of hydrogen-bond donors (Lipinski definition) is 0. The molecule has 0 bridgehead atoms. The van der Waals surface area contributed by atoms with E-state index in [1.165, 1.54) is 43.8 Å². The summed E-state index contributed by atoms with van der Waals surface area (Å²) in [6.07, 6.45) is 1.89. The first kappa shape index (κ1) is 23.2. The molecule has 0 saturated heterocycles. The summed E-state index contributed by atoms with van der Waals surface area (Å²) in [5, 5.41) is 0. The van der Waals surface area contributed by atoms with Gasteiger partial charge in [-0.2, -0.15) is 4.31 Å². The Morgan fingerprint density at radius 3 is 2.06 bits per heavy atom. The molecule has 1 saturated carbocycles. The zero-order valence-corrected chi connectivity index (χ0v) is 19.4. The summed E-state index contributed by atoms with van der Waals surface area (Å²) >= 11 is 0. The second-order valence-corrected chi connectivity index (χ2v) is 10.5. The van der Waals surface area contributed by atoms with E-state index in [0.717, 1.165) is 22.7 Å². The molecular weight excluding hydrogens is 412 g/mol. The van der Waals surface area contributed by atoms with Crippen molar-refractivity contribution in [1.29, 1.82) is 0 Å². The Bertz CT molecular complexity index is 1040. The minimum atomic E-state index is -3.83. The monoisotopic (exact) mass is 442 g/mol. The number of benzene rings is 2. The van der Waals surface area contributed by atoms with Gasteiger partial charge in [-0.1, -0.05) is 50.2 Å². The second-order valence-electron chi connectivity index (χ2n) is 8.49. The molecule has 166 valence electrons. The number of likely N-dealkylation sites (N-methyl/N-ethyl adjacent to an activating group) is 1. The van der Waals surface area contributed by atoms with Gasteiger partial charge in [-0.25, -0.2) is 8.42 Å². The standard InChI is InChI=1S/C24H30N2O4S/c1-17(2)20-7-5-19(6-8-20)15-26(22-11-12-22)24(28)16-25(4)31(29,30)23-13-9-21(10-14-23)18(3)27/h5-10,13-14,17,22H,11-12,15-16H2,1-4H3. The van der Waals surface area contributed by atoms with Gasteiger partial charge in [0.1, 0.15) is 0 Å². The molecule has 7 heteroatoms. The average molecular weight is 443 g/mol. The summed E-state index contributed by atoms with van der Waals surface area (Å²) in [5.74, 6) is 0.106. The summed E-state index contributed by atoms with van der Waals surface area (Å²) in [5.41, 5.74) is 2.73. The lowest BCUT2D eigenvalue weighted by Gasteiger charge is -2.25.